The third-order valence-electron chi connectivity index (χ3n) is 0.756. The highest BCUT2D eigenvalue weighted by Gasteiger charge is 1.97. The molecular formula is C6H7NO3. The molecule has 54 valence electrons. The summed E-state index contributed by atoms with van der Waals surface area (Å²) in [6.07, 6.45) is 4.58. The van der Waals surface area contributed by atoms with E-state index in [1.807, 2.05) is 0 Å². The van der Waals surface area contributed by atoms with Gasteiger partial charge in [0.15, 0.2) is 0 Å². The van der Waals surface area contributed by atoms with Crippen molar-refractivity contribution in [2.75, 3.05) is 6.54 Å². The molecule has 0 atom stereocenters. The molecule has 0 aliphatic rings. The molecule has 4 nitrogen and oxygen atoms in total. The van der Waals surface area contributed by atoms with Crippen molar-refractivity contribution in [3.8, 4) is 12.3 Å². The van der Waals surface area contributed by atoms with Gasteiger partial charge in [-0.3, -0.25) is 9.59 Å². The maximum absolute atomic E-state index is 10.3. The number of hydrogen-bond donors (Lipinski definition) is 2. The highest BCUT2D eigenvalue weighted by atomic mass is 16.4. The van der Waals surface area contributed by atoms with Gasteiger partial charge in [-0.1, -0.05) is 0 Å². The summed E-state index contributed by atoms with van der Waals surface area (Å²) < 4.78 is 0. The molecule has 0 rings (SSSR count). The van der Waals surface area contributed by atoms with E-state index in [1.165, 1.54) is 0 Å². The van der Waals surface area contributed by atoms with Gasteiger partial charge in [-0.05, 0) is 5.92 Å². The fraction of sp³-hybridized carbons (Fsp3) is 0.333. The van der Waals surface area contributed by atoms with Crippen molar-refractivity contribution in [1.82, 2.24) is 5.32 Å². The molecular weight excluding hydrogens is 134 g/mol. The molecule has 0 aromatic carbocycles. The van der Waals surface area contributed by atoms with E-state index >= 15 is 0 Å². The molecule has 10 heavy (non-hydrogen) atoms. The maximum atomic E-state index is 10.3. The topological polar surface area (TPSA) is 66.4 Å². The third kappa shape index (κ3) is 4.65. The number of aliphatic carboxylic acids is 1. The second-order valence-electron chi connectivity index (χ2n) is 1.54. The number of hydrogen-bond acceptors (Lipinski definition) is 2. The molecule has 0 aliphatic carbocycles. The van der Waals surface area contributed by atoms with E-state index in [0.717, 1.165) is 0 Å². The summed E-state index contributed by atoms with van der Waals surface area (Å²) in [5, 5.41) is 10.3. The Morgan fingerprint density at radius 1 is 1.60 bits per heavy atom. The first-order valence-corrected chi connectivity index (χ1v) is 2.63. The molecule has 4 heteroatoms. The Morgan fingerprint density at radius 2 is 2.20 bits per heavy atom. The van der Waals surface area contributed by atoms with Crippen molar-refractivity contribution in [2.24, 2.45) is 0 Å². The summed E-state index contributed by atoms with van der Waals surface area (Å²) >= 11 is 0. The number of nitrogens with one attached hydrogen (secondary N) is 1. The van der Waals surface area contributed by atoms with E-state index in [2.05, 4.69) is 11.7 Å². The number of terminal acetylenes is 1. The van der Waals surface area contributed by atoms with E-state index in [4.69, 9.17) is 5.11 Å². The normalized spacial score (nSPS) is 7.90. The van der Waals surface area contributed by atoms with Crippen molar-refractivity contribution in [3.05, 3.63) is 0 Å². The fourth-order valence-electron chi connectivity index (χ4n) is 0.334. The van der Waals surface area contributed by atoms with E-state index < -0.39 is 11.9 Å². The minimum atomic E-state index is -0.961. The largest absolute Gasteiger partial charge is 0.481 e. The lowest BCUT2D eigenvalue weighted by molar-refractivity contribution is -0.136. The number of amides is 1. The number of rotatable bonds is 3. The van der Waals surface area contributed by atoms with E-state index in [9.17, 15) is 9.59 Å². The van der Waals surface area contributed by atoms with Gasteiger partial charge in [0.2, 0.25) is 0 Å². The SMILES string of the molecule is C#CC(=O)NCCC(=O)O. The average molecular weight is 141 g/mol. The summed E-state index contributed by atoms with van der Waals surface area (Å²) in [5.74, 6) is 0.253. The van der Waals surface area contributed by atoms with Gasteiger partial charge < -0.3 is 10.4 Å². The Hall–Kier alpha value is -1.50. The van der Waals surface area contributed by atoms with Crippen LogP contribution >= 0.6 is 0 Å². The van der Waals surface area contributed by atoms with Crippen molar-refractivity contribution >= 4 is 11.9 Å². The monoisotopic (exact) mass is 141 g/mol. The van der Waals surface area contributed by atoms with Gasteiger partial charge in [-0.25, -0.2) is 0 Å². The Labute approximate surface area is 58.2 Å². The molecule has 0 heterocycles. The van der Waals surface area contributed by atoms with Crippen molar-refractivity contribution in [1.29, 1.82) is 0 Å². The van der Waals surface area contributed by atoms with Gasteiger partial charge in [0.1, 0.15) is 0 Å². The van der Waals surface area contributed by atoms with Crippen LogP contribution in [-0.4, -0.2) is 23.5 Å². The molecule has 0 aromatic heterocycles. The molecule has 0 saturated heterocycles. The first-order chi connectivity index (χ1) is 4.66. The van der Waals surface area contributed by atoms with Crippen LogP contribution in [0.3, 0.4) is 0 Å². The number of carboxylic acid groups (broad SMARTS) is 1. The number of carboxylic acids is 1. The first-order valence-electron chi connectivity index (χ1n) is 2.63. The summed E-state index contributed by atoms with van der Waals surface area (Å²) in [6.45, 7) is 0.0817. The standard InChI is InChI=1S/C6H7NO3/c1-2-5(8)7-4-3-6(9)10/h1H,3-4H2,(H,7,8)(H,9,10). The molecule has 0 aromatic rings. The van der Waals surface area contributed by atoms with Crippen LogP contribution in [-0.2, 0) is 9.59 Å². The van der Waals surface area contributed by atoms with Crippen molar-refractivity contribution in [2.45, 2.75) is 6.42 Å². The summed E-state index contributed by atoms with van der Waals surface area (Å²) in [6, 6.07) is 0. The van der Waals surface area contributed by atoms with Gasteiger partial charge in [-0.15, -0.1) is 6.42 Å². The van der Waals surface area contributed by atoms with E-state index in [1.54, 1.807) is 5.92 Å². The second kappa shape index (κ2) is 4.39. The minimum absolute atomic E-state index is 0.0817. The van der Waals surface area contributed by atoms with E-state index in [0.29, 0.717) is 0 Å². The minimum Gasteiger partial charge on any atom is -0.481 e. The highest BCUT2D eigenvalue weighted by Crippen LogP contribution is 1.73. The Morgan fingerprint density at radius 3 is 2.60 bits per heavy atom. The van der Waals surface area contributed by atoms with Gasteiger partial charge in [0.05, 0.1) is 6.42 Å². The zero-order valence-electron chi connectivity index (χ0n) is 5.26. The third-order valence-corrected chi connectivity index (χ3v) is 0.756. The predicted molar refractivity (Wildman–Crippen MR) is 34.1 cm³/mol. The Bertz CT molecular complexity index is 180. The second-order valence-corrected chi connectivity index (χ2v) is 1.54. The van der Waals surface area contributed by atoms with Crippen LogP contribution in [0, 0.1) is 12.3 Å². The van der Waals surface area contributed by atoms with Crippen LogP contribution in [0.25, 0.3) is 0 Å². The van der Waals surface area contributed by atoms with E-state index in [-0.39, 0.29) is 13.0 Å². The summed E-state index contributed by atoms with van der Waals surface area (Å²) in [5.41, 5.74) is 0. The lowest BCUT2D eigenvalue weighted by Gasteiger charge is -1.94. The Kier molecular flexibility index (Phi) is 3.73. The molecule has 2 N–H and O–H groups in total. The first kappa shape index (κ1) is 8.50. The quantitative estimate of drug-likeness (QED) is 0.506. The summed E-state index contributed by atoms with van der Waals surface area (Å²) in [7, 11) is 0. The lowest BCUT2D eigenvalue weighted by Crippen LogP contribution is -2.24. The molecule has 1 amide bonds. The van der Waals surface area contributed by atoms with Crippen LogP contribution in [0.1, 0.15) is 6.42 Å². The number of carbonyl (C=O) groups excluding carboxylic acids is 1. The molecule has 0 unspecified atom stereocenters. The molecule has 0 radical (unpaired) electrons. The maximum Gasteiger partial charge on any atom is 0.305 e. The smallest absolute Gasteiger partial charge is 0.305 e. The van der Waals surface area contributed by atoms with Crippen molar-refractivity contribution < 1.29 is 14.7 Å². The van der Waals surface area contributed by atoms with Gasteiger partial charge >= 0.3 is 5.97 Å². The number of carbonyl (C=O) groups is 2. The van der Waals surface area contributed by atoms with Crippen LogP contribution < -0.4 is 5.32 Å². The van der Waals surface area contributed by atoms with Crippen LogP contribution in [0.15, 0.2) is 0 Å². The zero-order chi connectivity index (χ0) is 7.98. The van der Waals surface area contributed by atoms with Gasteiger partial charge in [-0.2, -0.15) is 0 Å². The molecule has 0 spiro atoms. The molecule has 0 bridgehead atoms. The molecule has 0 fully saturated rings. The fourth-order valence-corrected chi connectivity index (χ4v) is 0.334. The molecule has 0 aliphatic heterocycles. The predicted octanol–water partition coefficient (Wildman–Crippen LogP) is -0.790. The lowest BCUT2D eigenvalue weighted by atomic mass is 10.4. The van der Waals surface area contributed by atoms with Crippen LogP contribution in [0.5, 0.6) is 0 Å². The zero-order valence-corrected chi connectivity index (χ0v) is 5.26. The highest BCUT2D eigenvalue weighted by molar-refractivity contribution is 5.92. The average Bonchev–Trinajstić information content (AvgIpc) is 1.87. The van der Waals surface area contributed by atoms with Crippen LogP contribution in [0.4, 0.5) is 0 Å². The molecule has 0 saturated carbocycles. The summed E-state index contributed by atoms with van der Waals surface area (Å²) in [4.78, 5) is 20.1. The van der Waals surface area contributed by atoms with Gasteiger partial charge in [0, 0.05) is 6.54 Å². The Balaban J connectivity index is 3.31. The van der Waals surface area contributed by atoms with Crippen LogP contribution in [0.2, 0.25) is 0 Å². The van der Waals surface area contributed by atoms with Gasteiger partial charge in [0.25, 0.3) is 5.91 Å². The van der Waals surface area contributed by atoms with Crippen molar-refractivity contribution in [3.63, 3.8) is 0 Å².